The minimum absolute atomic E-state index is 0.129. The number of benzene rings is 1. The third kappa shape index (κ3) is 2.23. The zero-order chi connectivity index (χ0) is 14.1. The van der Waals surface area contributed by atoms with Gasteiger partial charge in [0, 0.05) is 18.7 Å². The first-order chi connectivity index (χ1) is 9.74. The summed E-state index contributed by atoms with van der Waals surface area (Å²) in [4.78, 5) is 0. The summed E-state index contributed by atoms with van der Waals surface area (Å²) in [7, 11) is 1.79. The monoisotopic (exact) mass is 275 g/mol. The number of ether oxygens (including phenoxy) is 2. The Morgan fingerprint density at radius 1 is 1.10 bits per heavy atom. The van der Waals surface area contributed by atoms with E-state index in [1.165, 1.54) is 47.9 Å². The molecule has 3 heteroatoms. The van der Waals surface area contributed by atoms with Crippen LogP contribution < -0.4 is 10.1 Å². The summed E-state index contributed by atoms with van der Waals surface area (Å²) < 4.78 is 11.8. The Bertz CT molecular complexity index is 504. The first kappa shape index (κ1) is 13.9. The standard InChI is InChI=1S/C17H25NO2/c1-11-13-6-4-5-7-14(13)12(2)17(19-3)16(11)15-10-18-8-9-20-15/h15,18H,4-10H2,1-3H3. The molecule has 1 atom stereocenters. The Morgan fingerprint density at radius 2 is 1.80 bits per heavy atom. The summed E-state index contributed by atoms with van der Waals surface area (Å²) in [6.07, 6.45) is 5.14. The maximum atomic E-state index is 5.99. The first-order valence-electron chi connectivity index (χ1n) is 7.75. The molecule has 0 spiro atoms. The smallest absolute Gasteiger partial charge is 0.128 e. The number of hydrogen-bond donors (Lipinski definition) is 1. The van der Waals surface area contributed by atoms with Gasteiger partial charge in [-0.1, -0.05) is 0 Å². The fraction of sp³-hybridized carbons (Fsp3) is 0.647. The fourth-order valence-corrected chi connectivity index (χ4v) is 3.81. The van der Waals surface area contributed by atoms with Gasteiger partial charge in [-0.15, -0.1) is 0 Å². The summed E-state index contributed by atoms with van der Waals surface area (Å²) in [6.45, 7) is 7.07. The van der Waals surface area contributed by atoms with Crippen LogP contribution in [0.1, 0.15) is 46.8 Å². The van der Waals surface area contributed by atoms with Crippen molar-refractivity contribution in [3.8, 4) is 5.75 Å². The molecule has 20 heavy (non-hydrogen) atoms. The van der Waals surface area contributed by atoms with E-state index in [1.54, 1.807) is 12.7 Å². The van der Waals surface area contributed by atoms with Crippen molar-refractivity contribution in [1.29, 1.82) is 0 Å². The highest BCUT2D eigenvalue weighted by Crippen LogP contribution is 2.41. The highest BCUT2D eigenvalue weighted by molar-refractivity contribution is 5.56. The number of rotatable bonds is 2. The molecule has 2 aliphatic rings. The summed E-state index contributed by atoms with van der Waals surface area (Å²) in [5.74, 6) is 1.05. The van der Waals surface area contributed by atoms with Crippen molar-refractivity contribution in [1.82, 2.24) is 5.32 Å². The van der Waals surface area contributed by atoms with Crippen LogP contribution in [0, 0.1) is 13.8 Å². The van der Waals surface area contributed by atoms with Crippen LogP contribution in [0.15, 0.2) is 0 Å². The van der Waals surface area contributed by atoms with Gasteiger partial charge >= 0.3 is 0 Å². The molecule has 1 heterocycles. The number of morpholine rings is 1. The van der Waals surface area contributed by atoms with E-state index >= 15 is 0 Å². The van der Waals surface area contributed by atoms with E-state index in [4.69, 9.17) is 9.47 Å². The van der Waals surface area contributed by atoms with Crippen molar-refractivity contribution < 1.29 is 9.47 Å². The second-order valence-electron chi connectivity index (χ2n) is 5.92. The lowest BCUT2D eigenvalue weighted by Gasteiger charge is -2.31. The van der Waals surface area contributed by atoms with Crippen molar-refractivity contribution in [2.45, 2.75) is 45.6 Å². The van der Waals surface area contributed by atoms with Crippen molar-refractivity contribution >= 4 is 0 Å². The molecule has 1 aliphatic heterocycles. The molecule has 1 N–H and O–H groups in total. The molecule has 1 aromatic carbocycles. The lowest BCUT2D eigenvalue weighted by Crippen LogP contribution is -2.34. The van der Waals surface area contributed by atoms with Gasteiger partial charge in [0.05, 0.1) is 19.8 Å². The molecular weight excluding hydrogens is 250 g/mol. The molecule has 110 valence electrons. The minimum atomic E-state index is 0.129. The molecule has 1 unspecified atom stereocenters. The van der Waals surface area contributed by atoms with Gasteiger partial charge in [0.15, 0.2) is 0 Å². The van der Waals surface area contributed by atoms with E-state index in [0.29, 0.717) is 0 Å². The molecule has 0 amide bonds. The quantitative estimate of drug-likeness (QED) is 0.900. The van der Waals surface area contributed by atoms with Crippen LogP contribution in [0.3, 0.4) is 0 Å². The maximum absolute atomic E-state index is 5.99. The van der Waals surface area contributed by atoms with E-state index in [2.05, 4.69) is 19.2 Å². The van der Waals surface area contributed by atoms with Gasteiger partial charge in [-0.05, 0) is 61.8 Å². The average Bonchev–Trinajstić information content (AvgIpc) is 2.51. The first-order valence-corrected chi connectivity index (χ1v) is 7.75. The topological polar surface area (TPSA) is 30.5 Å². The molecule has 3 rings (SSSR count). The predicted octanol–water partition coefficient (Wildman–Crippen LogP) is 2.85. The lowest BCUT2D eigenvalue weighted by molar-refractivity contribution is 0.0257. The minimum Gasteiger partial charge on any atom is -0.496 e. The zero-order valence-electron chi connectivity index (χ0n) is 12.8. The molecule has 0 aromatic heterocycles. The van der Waals surface area contributed by atoms with Crippen molar-refractivity contribution in [3.63, 3.8) is 0 Å². The highest BCUT2D eigenvalue weighted by atomic mass is 16.5. The summed E-state index contributed by atoms with van der Waals surface area (Å²) in [5.41, 5.74) is 7.09. The highest BCUT2D eigenvalue weighted by Gasteiger charge is 2.28. The van der Waals surface area contributed by atoms with Gasteiger partial charge in [-0.25, -0.2) is 0 Å². The summed E-state index contributed by atoms with van der Waals surface area (Å²) in [5, 5.41) is 3.43. The largest absolute Gasteiger partial charge is 0.496 e. The molecule has 1 aliphatic carbocycles. The van der Waals surface area contributed by atoms with Crippen LogP contribution in [0.2, 0.25) is 0 Å². The fourth-order valence-electron chi connectivity index (χ4n) is 3.81. The van der Waals surface area contributed by atoms with Crippen LogP contribution in [-0.2, 0) is 17.6 Å². The molecule has 3 nitrogen and oxygen atoms in total. The van der Waals surface area contributed by atoms with Crippen LogP contribution in [0.5, 0.6) is 5.75 Å². The second kappa shape index (κ2) is 5.74. The van der Waals surface area contributed by atoms with Crippen LogP contribution in [0.25, 0.3) is 0 Å². The van der Waals surface area contributed by atoms with E-state index in [1.807, 2.05) is 0 Å². The molecule has 1 fully saturated rings. The van der Waals surface area contributed by atoms with E-state index in [9.17, 15) is 0 Å². The van der Waals surface area contributed by atoms with E-state index < -0.39 is 0 Å². The summed E-state index contributed by atoms with van der Waals surface area (Å²) in [6, 6.07) is 0. The van der Waals surface area contributed by atoms with E-state index in [0.717, 1.165) is 25.4 Å². The normalized spacial score (nSPS) is 22.4. The third-order valence-corrected chi connectivity index (χ3v) is 4.82. The molecular formula is C17H25NO2. The second-order valence-corrected chi connectivity index (χ2v) is 5.92. The van der Waals surface area contributed by atoms with Gasteiger partial charge in [0.25, 0.3) is 0 Å². The van der Waals surface area contributed by atoms with Gasteiger partial charge in [-0.2, -0.15) is 0 Å². The Balaban J connectivity index is 2.14. The van der Waals surface area contributed by atoms with Crippen LogP contribution in [0.4, 0.5) is 0 Å². The zero-order valence-corrected chi connectivity index (χ0v) is 12.8. The average molecular weight is 275 g/mol. The molecule has 1 saturated heterocycles. The number of hydrogen-bond acceptors (Lipinski definition) is 3. The van der Waals surface area contributed by atoms with Crippen LogP contribution >= 0.6 is 0 Å². The van der Waals surface area contributed by atoms with E-state index in [-0.39, 0.29) is 6.10 Å². The Morgan fingerprint density at radius 3 is 2.40 bits per heavy atom. The van der Waals surface area contributed by atoms with Gasteiger partial charge < -0.3 is 14.8 Å². The predicted molar refractivity (Wildman–Crippen MR) is 80.7 cm³/mol. The SMILES string of the molecule is COc1c(C)c2c(c(C)c1C1CNCCO1)CCCC2. The third-order valence-electron chi connectivity index (χ3n) is 4.82. The maximum Gasteiger partial charge on any atom is 0.128 e. The molecule has 1 aromatic rings. The van der Waals surface area contributed by atoms with Gasteiger partial charge in [0.2, 0.25) is 0 Å². The Labute approximate surface area is 121 Å². The van der Waals surface area contributed by atoms with Crippen molar-refractivity contribution in [3.05, 3.63) is 27.8 Å². The molecule has 0 saturated carbocycles. The van der Waals surface area contributed by atoms with Crippen molar-refractivity contribution in [2.75, 3.05) is 26.8 Å². The lowest BCUT2D eigenvalue weighted by atomic mass is 9.81. The van der Waals surface area contributed by atoms with Crippen molar-refractivity contribution in [2.24, 2.45) is 0 Å². The van der Waals surface area contributed by atoms with Crippen LogP contribution in [-0.4, -0.2) is 26.8 Å². The number of nitrogens with one attached hydrogen (secondary N) is 1. The molecule has 0 radical (unpaired) electrons. The summed E-state index contributed by atoms with van der Waals surface area (Å²) >= 11 is 0. The number of methoxy groups -OCH3 is 1. The molecule has 0 bridgehead atoms. The van der Waals surface area contributed by atoms with Gasteiger partial charge in [0.1, 0.15) is 5.75 Å². The number of fused-ring (bicyclic) bond motifs is 1. The van der Waals surface area contributed by atoms with Gasteiger partial charge in [-0.3, -0.25) is 0 Å². The Kier molecular flexibility index (Phi) is 3.99. The Hall–Kier alpha value is -1.06.